The van der Waals surface area contributed by atoms with Crippen LogP contribution in [0, 0.1) is 0 Å². The second-order valence-electron chi connectivity index (χ2n) is 11.3. The summed E-state index contributed by atoms with van der Waals surface area (Å²) < 4.78 is 49.4. The van der Waals surface area contributed by atoms with Gasteiger partial charge in [-0.15, -0.1) is 0 Å². The zero-order chi connectivity index (χ0) is 34.1. The van der Waals surface area contributed by atoms with E-state index in [0.717, 1.165) is 76.9 Å². The van der Waals surface area contributed by atoms with E-state index in [2.05, 4.69) is 72.8 Å². The van der Waals surface area contributed by atoms with Crippen LogP contribution in [-0.4, -0.2) is 0 Å². The molecule has 0 saturated heterocycles. The molecule has 0 aliphatic rings. The van der Waals surface area contributed by atoms with Gasteiger partial charge in [-0.25, -0.2) is 0 Å². The van der Waals surface area contributed by atoms with E-state index in [-0.39, 0.29) is 29.7 Å². The fourth-order valence-corrected chi connectivity index (χ4v) is 6.79. The summed E-state index contributed by atoms with van der Waals surface area (Å²) in [6.45, 7) is 0. The maximum atomic E-state index is 8.87. The third-order valence-electron chi connectivity index (χ3n) is 8.73. The zero-order valence-corrected chi connectivity index (χ0v) is 24.2. The Hall–Kier alpha value is -5.92. The second-order valence-corrected chi connectivity index (χ2v) is 11.3. The van der Waals surface area contributed by atoms with Crippen LogP contribution >= 0.6 is 0 Å². The molecule has 0 aliphatic carbocycles. The van der Waals surface area contributed by atoms with Crippen LogP contribution in [0.4, 0.5) is 0 Å². The summed E-state index contributed by atoms with van der Waals surface area (Å²) in [6.07, 6.45) is 0. The topological polar surface area (TPSA) is 13.1 Å². The average Bonchev–Trinajstić information content (AvgIpc) is 3.54. The van der Waals surface area contributed by atoms with Gasteiger partial charge in [0.2, 0.25) is 0 Å². The smallest absolute Gasteiger partial charge is 0.136 e. The maximum absolute atomic E-state index is 8.87. The average molecular weight is 578 g/mol. The van der Waals surface area contributed by atoms with E-state index in [1.807, 2.05) is 66.7 Å². The summed E-state index contributed by atoms with van der Waals surface area (Å²) in [6, 6.07) is 45.8. The van der Waals surface area contributed by atoms with E-state index in [4.69, 9.17) is 11.3 Å². The molecule has 9 aromatic rings. The highest BCUT2D eigenvalue weighted by molar-refractivity contribution is 6.22. The minimum Gasteiger partial charge on any atom is -0.456 e. The van der Waals surface area contributed by atoms with Crippen LogP contribution in [0.15, 0.2) is 174 Å². The number of fused-ring (bicyclic) bond motifs is 5. The Kier molecular flexibility index (Phi) is 4.81. The molecule has 210 valence electrons. The van der Waals surface area contributed by atoms with E-state index in [0.29, 0.717) is 5.56 Å². The Morgan fingerprint density at radius 2 is 0.933 bits per heavy atom. The van der Waals surface area contributed by atoms with Crippen molar-refractivity contribution < 1.29 is 11.3 Å². The van der Waals surface area contributed by atoms with Gasteiger partial charge in [0.05, 0.1) is 6.85 Å². The first-order valence-corrected chi connectivity index (χ1v) is 15.0. The highest BCUT2D eigenvalue weighted by Crippen LogP contribution is 2.46. The number of benzene rings is 8. The Balaban J connectivity index is 1.36. The Morgan fingerprint density at radius 1 is 0.378 bits per heavy atom. The van der Waals surface area contributed by atoms with Crippen LogP contribution < -0.4 is 0 Å². The SMILES string of the molecule is [2H]c1c([2H])c([2H])c(-c2c3ccccc3c(-c3ccc4oc5cc(-c6ccccc6)cc(-c6ccccc6)c5c4c3)c3ccccc23)c([2H])c1[2H]. The summed E-state index contributed by atoms with van der Waals surface area (Å²) in [5, 5.41) is 5.52. The molecule has 8 aromatic carbocycles. The molecule has 0 spiro atoms. The lowest BCUT2D eigenvalue weighted by Gasteiger charge is -2.17. The maximum Gasteiger partial charge on any atom is 0.136 e. The van der Waals surface area contributed by atoms with E-state index < -0.39 is 6.04 Å². The molecular weight excluding hydrogens is 544 g/mol. The van der Waals surface area contributed by atoms with Crippen LogP contribution in [-0.2, 0) is 0 Å². The molecule has 0 N–H and O–H groups in total. The molecule has 0 atom stereocenters. The molecule has 1 heterocycles. The normalized spacial score (nSPS) is 13.1. The fraction of sp³-hybridized carbons (Fsp3) is 0. The standard InChI is InChI=1S/C44H28O/c1-4-14-29(15-5-1)33-27-38(30-16-6-2-7-17-30)44-39-26-32(24-25-40(39)45-41(44)28-33)43-36-22-12-10-20-34(36)42(31-18-8-3-9-19-31)35-21-11-13-23-37(35)43/h1-28H/i3D,8D,9D,18D,19D. The summed E-state index contributed by atoms with van der Waals surface area (Å²) in [5.74, 6) is 0. The van der Waals surface area contributed by atoms with Crippen molar-refractivity contribution >= 4 is 43.5 Å². The molecule has 0 bridgehead atoms. The molecule has 1 aromatic heterocycles. The van der Waals surface area contributed by atoms with Crippen LogP contribution in [0.2, 0.25) is 0 Å². The van der Waals surface area contributed by atoms with E-state index >= 15 is 0 Å². The zero-order valence-electron chi connectivity index (χ0n) is 29.2. The second kappa shape index (κ2) is 10.4. The molecule has 0 amide bonds. The van der Waals surface area contributed by atoms with E-state index in [1.54, 1.807) is 0 Å². The third kappa shape index (κ3) is 4.17. The largest absolute Gasteiger partial charge is 0.456 e. The van der Waals surface area contributed by atoms with Crippen LogP contribution in [0.3, 0.4) is 0 Å². The Bertz CT molecular complexity index is 2720. The van der Waals surface area contributed by atoms with Gasteiger partial charge in [-0.05, 0) is 90.3 Å². The van der Waals surface area contributed by atoms with Crippen molar-refractivity contribution in [1.29, 1.82) is 0 Å². The molecule has 0 fully saturated rings. The molecule has 0 saturated carbocycles. The van der Waals surface area contributed by atoms with Gasteiger partial charge in [0.25, 0.3) is 0 Å². The minimum absolute atomic E-state index is 0.202. The first kappa shape index (κ1) is 20.9. The number of hydrogen-bond acceptors (Lipinski definition) is 1. The summed E-state index contributed by atoms with van der Waals surface area (Å²) >= 11 is 0. The number of hydrogen-bond donors (Lipinski definition) is 0. The van der Waals surface area contributed by atoms with Crippen LogP contribution in [0.25, 0.3) is 88.0 Å². The first-order chi connectivity index (χ1) is 24.4. The number of furan rings is 1. The summed E-state index contributed by atoms with van der Waals surface area (Å²) in [7, 11) is 0. The first-order valence-electron chi connectivity index (χ1n) is 17.5. The molecule has 0 unspecified atom stereocenters. The van der Waals surface area contributed by atoms with Crippen molar-refractivity contribution in [3.63, 3.8) is 0 Å². The van der Waals surface area contributed by atoms with Crippen molar-refractivity contribution in [2.24, 2.45) is 0 Å². The minimum atomic E-state index is -0.402. The fourth-order valence-electron chi connectivity index (χ4n) is 6.79. The molecule has 45 heavy (non-hydrogen) atoms. The van der Waals surface area contributed by atoms with Gasteiger partial charge in [-0.1, -0.05) is 145 Å². The van der Waals surface area contributed by atoms with Gasteiger partial charge in [-0.3, -0.25) is 0 Å². The van der Waals surface area contributed by atoms with Crippen molar-refractivity contribution in [2.75, 3.05) is 0 Å². The van der Waals surface area contributed by atoms with Gasteiger partial charge < -0.3 is 4.42 Å². The molecule has 1 nitrogen and oxygen atoms in total. The van der Waals surface area contributed by atoms with Crippen molar-refractivity contribution in [3.05, 3.63) is 170 Å². The predicted octanol–water partition coefficient (Wildman–Crippen LogP) is 12.6. The predicted molar refractivity (Wildman–Crippen MR) is 190 cm³/mol. The lowest BCUT2D eigenvalue weighted by atomic mass is 9.85. The van der Waals surface area contributed by atoms with Crippen LogP contribution in [0.5, 0.6) is 0 Å². The van der Waals surface area contributed by atoms with Gasteiger partial charge in [-0.2, -0.15) is 0 Å². The van der Waals surface area contributed by atoms with Gasteiger partial charge in [0.1, 0.15) is 11.2 Å². The Labute approximate surface area is 268 Å². The molecule has 0 aliphatic heterocycles. The molecule has 9 rings (SSSR count). The summed E-state index contributed by atoms with van der Waals surface area (Å²) in [5.41, 5.74) is 8.81. The van der Waals surface area contributed by atoms with Crippen molar-refractivity contribution in [3.8, 4) is 44.5 Å². The molecule has 0 radical (unpaired) electrons. The highest BCUT2D eigenvalue weighted by atomic mass is 16.3. The summed E-state index contributed by atoms with van der Waals surface area (Å²) in [4.78, 5) is 0. The van der Waals surface area contributed by atoms with E-state index in [9.17, 15) is 0 Å². The quantitative estimate of drug-likeness (QED) is 0.190. The van der Waals surface area contributed by atoms with E-state index in [1.165, 1.54) is 0 Å². The van der Waals surface area contributed by atoms with Gasteiger partial charge in [0, 0.05) is 10.8 Å². The van der Waals surface area contributed by atoms with Gasteiger partial charge in [0.15, 0.2) is 0 Å². The van der Waals surface area contributed by atoms with Crippen LogP contribution in [0.1, 0.15) is 6.85 Å². The number of rotatable bonds is 4. The molecule has 1 heteroatoms. The van der Waals surface area contributed by atoms with Gasteiger partial charge >= 0.3 is 0 Å². The van der Waals surface area contributed by atoms with Crippen molar-refractivity contribution in [1.82, 2.24) is 0 Å². The van der Waals surface area contributed by atoms with Crippen molar-refractivity contribution in [2.45, 2.75) is 0 Å². The lowest BCUT2D eigenvalue weighted by molar-refractivity contribution is 0.669. The third-order valence-corrected chi connectivity index (χ3v) is 8.73. The molecular formula is C44H28O. The Morgan fingerprint density at radius 3 is 1.56 bits per heavy atom. The monoisotopic (exact) mass is 577 g/mol. The lowest BCUT2D eigenvalue weighted by Crippen LogP contribution is -1.90. The highest BCUT2D eigenvalue weighted by Gasteiger charge is 2.19.